The summed E-state index contributed by atoms with van der Waals surface area (Å²) in [5.41, 5.74) is 5.70. The maximum Gasteiger partial charge on any atom is 0.314 e. The van der Waals surface area contributed by atoms with Crippen molar-refractivity contribution < 1.29 is 14.7 Å². The number of phenolic OH excluding ortho intramolecular Hbond substituents is 1. The van der Waals surface area contributed by atoms with E-state index in [0.717, 1.165) is 0 Å². The van der Waals surface area contributed by atoms with Crippen molar-refractivity contribution in [2.24, 2.45) is 5.73 Å². The molecule has 0 radical (unpaired) electrons. The van der Waals surface area contributed by atoms with Crippen LogP contribution >= 0.6 is 0 Å². The van der Waals surface area contributed by atoms with Crippen LogP contribution in [0, 0.1) is 0 Å². The van der Waals surface area contributed by atoms with E-state index in [-0.39, 0.29) is 11.7 Å². The third-order valence-electron chi connectivity index (χ3n) is 2.99. The van der Waals surface area contributed by atoms with E-state index < -0.39 is 6.03 Å². The van der Waals surface area contributed by atoms with E-state index in [1.165, 1.54) is 17.0 Å². The lowest BCUT2D eigenvalue weighted by Gasteiger charge is -2.33. The van der Waals surface area contributed by atoms with E-state index in [1.807, 2.05) is 0 Å². The summed E-state index contributed by atoms with van der Waals surface area (Å²) >= 11 is 0. The molecule has 3 N–H and O–H groups in total. The van der Waals surface area contributed by atoms with Gasteiger partial charge in [-0.3, -0.25) is 4.79 Å². The molecule has 96 valence electrons. The van der Waals surface area contributed by atoms with Crippen LogP contribution in [0.5, 0.6) is 5.75 Å². The zero-order valence-electron chi connectivity index (χ0n) is 9.87. The summed E-state index contributed by atoms with van der Waals surface area (Å²) in [6.07, 6.45) is 0. The molecular formula is C12H15N3O3. The number of rotatable bonds is 1. The summed E-state index contributed by atoms with van der Waals surface area (Å²) in [7, 11) is 0. The number of phenols is 1. The molecule has 0 bridgehead atoms. The molecule has 3 amide bonds. The second kappa shape index (κ2) is 4.95. The van der Waals surface area contributed by atoms with E-state index in [1.54, 1.807) is 17.0 Å². The maximum absolute atomic E-state index is 12.1. The van der Waals surface area contributed by atoms with Gasteiger partial charge >= 0.3 is 6.03 Å². The molecule has 0 spiro atoms. The number of nitrogens with zero attached hydrogens (tertiary/aromatic N) is 2. The summed E-state index contributed by atoms with van der Waals surface area (Å²) in [4.78, 5) is 26.2. The minimum atomic E-state index is -0.452. The Morgan fingerprint density at radius 1 is 1.00 bits per heavy atom. The number of carbonyl (C=O) groups is 2. The van der Waals surface area contributed by atoms with Gasteiger partial charge in [0.2, 0.25) is 0 Å². The van der Waals surface area contributed by atoms with Crippen molar-refractivity contribution in [2.45, 2.75) is 0 Å². The molecular weight excluding hydrogens is 234 g/mol. The van der Waals surface area contributed by atoms with Gasteiger partial charge < -0.3 is 20.6 Å². The highest BCUT2D eigenvalue weighted by Gasteiger charge is 2.23. The van der Waals surface area contributed by atoms with E-state index in [9.17, 15) is 9.59 Å². The Morgan fingerprint density at radius 3 is 2.00 bits per heavy atom. The van der Waals surface area contributed by atoms with Crippen molar-refractivity contribution in [3.05, 3.63) is 29.8 Å². The Morgan fingerprint density at radius 2 is 1.50 bits per heavy atom. The smallest absolute Gasteiger partial charge is 0.314 e. The minimum absolute atomic E-state index is 0.0980. The number of nitrogens with two attached hydrogens (primary N) is 1. The van der Waals surface area contributed by atoms with Gasteiger partial charge in [-0.05, 0) is 24.3 Å². The fourth-order valence-corrected chi connectivity index (χ4v) is 1.92. The van der Waals surface area contributed by atoms with Crippen LogP contribution in [0.25, 0.3) is 0 Å². The van der Waals surface area contributed by atoms with E-state index in [0.29, 0.717) is 31.7 Å². The third-order valence-corrected chi connectivity index (χ3v) is 2.99. The molecule has 0 aliphatic carbocycles. The van der Waals surface area contributed by atoms with Crippen LogP contribution in [-0.2, 0) is 0 Å². The number of hydrogen-bond donors (Lipinski definition) is 2. The van der Waals surface area contributed by atoms with E-state index >= 15 is 0 Å². The van der Waals surface area contributed by atoms with Crippen LogP contribution in [0.2, 0.25) is 0 Å². The molecule has 1 saturated heterocycles. The molecule has 1 aromatic carbocycles. The van der Waals surface area contributed by atoms with Gasteiger partial charge in [0.1, 0.15) is 5.75 Å². The summed E-state index contributed by atoms with van der Waals surface area (Å²) < 4.78 is 0. The van der Waals surface area contributed by atoms with Gasteiger partial charge in [0.15, 0.2) is 0 Å². The van der Waals surface area contributed by atoms with Gasteiger partial charge in [0.25, 0.3) is 5.91 Å². The number of aromatic hydroxyl groups is 1. The van der Waals surface area contributed by atoms with Crippen molar-refractivity contribution in [3.63, 3.8) is 0 Å². The SMILES string of the molecule is NC(=O)N1CCN(C(=O)c2ccc(O)cc2)CC1. The molecule has 0 aromatic heterocycles. The molecule has 0 unspecified atom stereocenters. The lowest BCUT2D eigenvalue weighted by Crippen LogP contribution is -2.52. The molecule has 1 aromatic rings. The zero-order valence-corrected chi connectivity index (χ0v) is 9.87. The topological polar surface area (TPSA) is 86.9 Å². The molecule has 18 heavy (non-hydrogen) atoms. The minimum Gasteiger partial charge on any atom is -0.508 e. The maximum atomic E-state index is 12.1. The molecule has 1 aliphatic rings. The summed E-state index contributed by atoms with van der Waals surface area (Å²) in [6.45, 7) is 1.86. The van der Waals surface area contributed by atoms with Crippen molar-refractivity contribution >= 4 is 11.9 Å². The molecule has 1 fully saturated rings. The number of hydrogen-bond acceptors (Lipinski definition) is 3. The molecule has 0 atom stereocenters. The third kappa shape index (κ3) is 2.53. The molecule has 1 heterocycles. The van der Waals surface area contributed by atoms with Gasteiger partial charge in [-0.25, -0.2) is 4.79 Å². The first-order chi connectivity index (χ1) is 8.58. The molecule has 6 nitrogen and oxygen atoms in total. The van der Waals surface area contributed by atoms with Gasteiger partial charge in [-0.15, -0.1) is 0 Å². The van der Waals surface area contributed by atoms with Gasteiger partial charge in [-0.2, -0.15) is 0 Å². The Balaban J connectivity index is 1.99. The second-order valence-electron chi connectivity index (χ2n) is 4.16. The summed E-state index contributed by atoms with van der Waals surface area (Å²) in [5, 5.41) is 9.16. The molecule has 6 heteroatoms. The van der Waals surface area contributed by atoms with Crippen LogP contribution in [0.15, 0.2) is 24.3 Å². The number of piperazine rings is 1. The Hall–Kier alpha value is -2.24. The lowest BCUT2D eigenvalue weighted by molar-refractivity contribution is 0.0669. The van der Waals surface area contributed by atoms with Crippen LogP contribution < -0.4 is 5.73 Å². The molecule has 1 aliphatic heterocycles. The highest BCUT2D eigenvalue weighted by atomic mass is 16.3. The Kier molecular flexibility index (Phi) is 3.36. The number of carbonyl (C=O) groups excluding carboxylic acids is 2. The Bertz CT molecular complexity index is 450. The van der Waals surface area contributed by atoms with Gasteiger partial charge in [0, 0.05) is 31.7 Å². The first-order valence-electron chi connectivity index (χ1n) is 5.70. The molecule has 0 saturated carbocycles. The van der Waals surface area contributed by atoms with E-state index in [2.05, 4.69) is 0 Å². The van der Waals surface area contributed by atoms with Crippen LogP contribution in [0.1, 0.15) is 10.4 Å². The first kappa shape index (κ1) is 12.2. The van der Waals surface area contributed by atoms with Crippen molar-refractivity contribution in [3.8, 4) is 5.75 Å². The van der Waals surface area contributed by atoms with Crippen LogP contribution in [0.3, 0.4) is 0 Å². The first-order valence-corrected chi connectivity index (χ1v) is 5.70. The van der Waals surface area contributed by atoms with Crippen LogP contribution in [0.4, 0.5) is 4.79 Å². The second-order valence-corrected chi connectivity index (χ2v) is 4.16. The average Bonchev–Trinajstić information content (AvgIpc) is 2.39. The number of urea groups is 1. The highest BCUT2D eigenvalue weighted by molar-refractivity contribution is 5.94. The largest absolute Gasteiger partial charge is 0.508 e. The van der Waals surface area contributed by atoms with Crippen molar-refractivity contribution in [1.82, 2.24) is 9.80 Å². The standard InChI is InChI=1S/C12H15N3O3/c13-12(18)15-7-5-14(6-8-15)11(17)9-1-3-10(16)4-2-9/h1-4,16H,5-8H2,(H2,13,18). The summed E-state index contributed by atoms with van der Waals surface area (Å²) in [5.74, 6) is 0.0317. The van der Waals surface area contributed by atoms with Crippen molar-refractivity contribution in [1.29, 1.82) is 0 Å². The number of amides is 3. The van der Waals surface area contributed by atoms with E-state index in [4.69, 9.17) is 10.8 Å². The molecule has 2 rings (SSSR count). The zero-order chi connectivity index (χ0) is 13.1. The predicted octanol–water partition coefficient (Wildman–Crippen LogP) is 0.229. The highest BCUT2D eigenvalue weighted by Crippen LogP contribution is 2.13. The predicted molar refractivity (Wildman–Crippen MR) is 65.2 cm³/mol. The quantitative estimate of drug-likeness (QED) is 0.746. The lowest BCUT2D eigenvalue weighted by atomic mass is 10.1. The fourth-order valence-electron chi connectivity index (χ4n) is 1.92. The summed E-state index contributed by atoms with van der Waals surface area (Å²) in [6, 6.07) is 5.67. The van der Waals surface area contributed by atoms with Gasteiger partial charge in [0.05, 0.1) is 0 Å². The van der Waals surface area contributed by atoms with Crippen LogP contribution in [-0.4, -0.2) is 53.0 Å². The van der Waals surface area contributed by atoms with Gasteiger partial charge in [-0.1, -0.05) is 0 Å². The number of primary amides is 1. The fraction of sp³-hybridized carbons (Fsp3) is 0.333. The average molecular weight is 249 g/mol. The normalized spacial score (nSPS) is 15.6. The number of benzene rings is 1. The van der Waals surface area contributed by atoms with Crippen molar-refractivity contribution in [2.75, 3.05) is 26.2 Å². The Labute approximate surface area is 105 Å². The monoisotopic (exact) mass is 249 g/mol.